The molecule has 0 spiro atoms. The Morgan fingerprint density at radius 3 is 2.82 bits per heavy atom. The average molecular weight is 371 g/mol. The number of rotatable bonds is 3. The Labute approximate surface area is 160 Å². The standard InChI is InChI=1S/C20H17N7O/c1-27-20-14(11-22-27)19(25-18(26-20)12-6-8-21-9-7-12)24-16-10-17(28)23-15-5-3-2-4-13(15)16/h2-9,11,16H,10H2,1H3,(H,23,28)(H,24,25,26). The van der Waals surface area contributed by atoms with Gasteiger partial charge in [-0.2, -0.15) is 5.10 Å². The minimum Gasteiger partial charge on any atom is -0.362 e. The van der Waals surface area contributed by atoms with Gasteiger partial charge in [-0.1, -0.05) is 18.2 Å². The van der Waals surface area contributed by atoms with Crippen LogP contribution in [0, 0.1) is 0 Å². The predicted octanol–water partition coefficient (Wildman–Crippen LogP) is 2.92. The third-order valence-corrected chi connectivity index (χ3v) is 4.84. The van der Waals surface area contributed by atoms with Crippen molar-refractivity contribution in [3.63, 3.8) is 0 Å². The lowest BCUT2D eigenvalue weighted by molar-refractivity contribution is -0.116. The summed E-state index contributed by atoms with van der Waals surface area (Å²) in [7, 11) is 1.85. The lowest BCUT2D eigenvalue weighted by Gasteiger charge is -2.27. The molecule has 28 heavy (non-hydrogen) atoms. The summed E-state index contributed by atoms with van der Waals surface area (Å²) in [5, 5.41) is 11.5. The van der Waals surface area contributed by atoms with Crippen LogP contribution in [0.5, 0.6) is 0 Å². The summed E-state index contributed by atoms with van der Waals surface area (Å²) in [6.07, 6.45) is 5.48. The number of pyridine rings is 1. The summed E-state index contributed by atoms with van der Waals surface area (Å²) in [6.45, 7) is 0. The molecule has 0 saturated carbocycles. The number of aryl methyl sites for hydroxylation is 1. The van der Waals surface area contributed by atoms with Gasteiger partial charge in [0.15, 0.2) is 11.5 Å². The maximum atomic E-state index is 12.2. The minimum absolute atomic E-state index is 0.0259. The Morgan fingerprint density at radius 1 is 1.14 bits per heavy atom. The van der Waals surface area contributed by atoms with Crippen molar-refractivity contribution in [2.24, 2.45) is 7.05 Å². The number of hydrogen-bond acceptors (Lipinski definition) is 6. The van der Waals surface area contributed by atoms with Gasteiger partial charge in [0.2, 0.25) is 5.91 Å². The molecule has 1 aromatic carbocycles. The second-order valence-electron chi connectivity index (χ2n) is 6.67. The zero-order valence-electron chi connectivity index (χ0n) is 15.1. The first kappa shape index (κ1) is 16.4. The lowest BCUT2D eigenvalue weighted by Crippen LogP contribution is -2.27. The third-order valence-electron chi connectivity index (χ3n) is 4.84. The number of nitrogens with one attached hydrogen (secondary N) is 2. The second-order valence-corrected chi connectivity index (χ2v) is 6.67. The molecule has 0 aliphatic carbocycles. The Morgan fingerprint density at radius 2 is 1.96 bits per heavy atom. The van der Waals surface area contributed by atoms with E-state index in [1.807, 2.05) is 43.4 Å². The highest BCUT2D eigenvalue weighted by Crippen LogP contribution is 2.34. The minimum atomic E-state index is -0.187. The van der Waals surface area contributed by atoms with E-state index in [-0.39, 0.29) is 11.9 Å². The molecule has 1 unspecified atom stereocenters. The number of amides is 1. The Bertz CT molecular complexity index is 1190. The van der Waals surface area contributed by atoms with Crippen LogP contribution in [0.4, 0.5) is 11.5 Å². The Kier molecular flexibility index (Phi) is 3.75. The topological polar surface area (TPSA) is 97.6 Å². The van der Waals surface area contributed by atoms with Crippen LogP contribution in [0.25, 0.3) is 22.4 Å². The number of para-hydroxylation sites is 1. The van der Waals surface area contributed by atoms with Gasteiger partial charge in [-0.3, -0.25) is 14.5 Å². The first-order valence-electron chi connectivity index (χ1n) is 8.94. The zero-order chi connectivity index (χ0) is 19.1. The number of hydrogen-bond donors (Lipinski definition) is 2. The number of aromatic nitrogens is 5. The van der Waals surface area contributed by atoms with Crippen LogP contribution in [0.3, 0.4) is 0 Å². The van der Waals surface area contributed by atoms with Crippen molar-refractivity contribution in [1.82, 2.24) is 24.7 Å². The van der Waals surface area contributed by atoms with E-state index in [2.05, 4.69) is 25.7 Å². The van der Waals surface area contributed by atoms with Crippen LogP contribution in [-0.2, 0) is 11.8 Å². The number of nitrogens with zero attached hydrogens (tertiary/aromatic N) is 5. The Hall–Kier alpha value is -3.81. The molecule has 138 valence electrons. The molecule has 1 atom stereocenters. The van der Waals surface area contributed by atoms with E-state index >= 15 is 0 Å². The van der Waals surface area contributed by atoms with Crippen LogP contribution in [0.15, 0.2) is 55.0 Å². The van der Waals surface area contributed by atoms with E-state index in [0.29, 0.717) is 18.1 Å². The Balaban J connectivity index is 1.62. The summed E-state index contributed by atoms with van der Waals surface area (Å²) in [4.78, 5) is 25.6. The SMILES string of the molecule is Cn1ncc2c(NC3CC(=O)Nc4ccccc43)nc(-c3ccncc3)nc21. The van der Waals surface area contributed by atoms with Crippen LogP contribution < -0.4 is 10.6 Å². The van der Waals surface area contributed by atoms with Crippen LogP contribution in [-0.4, -0.2) is 30.6 Å². The molecule has 0 fully saturated rings. The quantitative estimate of drug-likeness (QED) is 0.575. The molecule has 8 nitrogen and oxygen atoms in total. The van der Waals surface area contributed by atoms with Gasteiger partial charge in [-0.25, -0.2) is 9.97 Å². The van der Waals surface area contributed by atoms with E-state index in [1.54, 1.807) is 23.3 Å². The van der Waals surface area contributed by atoms with Gasteiger partial charge >= 0.3 is 0 Å². The first-order chi connectivity index (χ1) is 13.7. The molecule has 8 heteroatoms. The second kappa shape index (κ2) is 6.41. The fraction of sp³-hybridized carbons (Fsp3) is 0.150. The molecule has 0 saturated heterocycles. The van der Waals surface area contributed by atoms with Crippen LogP contribution in [0.2, 0.25) is 0 Å². The summed E-state index contributed by atoms with van der Waals surface area (Å²) >= 11 is 0. The predicted molar refractivity (Wildman–Crippen MR) is 106 cm³/mol. The summed E-state index contributed by atoms with van der Waals surface area (Å²) in [5.74, 6) is 1.20. The highest BCUT2D eigenvalue weighted by molar-refractivity contribution is 5.96. The average Bonchev–Trinajstić information content (AvgIpc) is 3.10. The lowest BCUT2D eigenvalue weighted by atomic mass is 9.97. The molecular formula is C20H17N7O. The monoisotopic (exact) mass is 371 g/mol. The van der Waals surface area contributed by atoms with Gasteiger partial charge in [0.25, 0.3) is 0 Å². The molecule has 0 bridgehead atoms. The van der Waals surface area contributed by atoms with E-state index in [9.17, 15) is 4.79 Å². The van der Waals surface area contributed by atoms with Crippen molar-refractivity contribution in [1.29, 1.82) is 0 Å². The molecular weight excluding hydrogens is 354 g/mol. The van der Waals surface area contributed by atoms with Crippen molar-refractivity contribution < 1.29 is 4.79 Å². The van der Waals surface area contributed by atoms with Gasteiger partial charge in [0, 0.05) is 30.7 Å². The van der Waals surface area contributed by atoms with Gasteiger partial charge < -0.3 is 10.6 Å². The maximum absolute atomic E-state index is 12.2. The van der Waals surface area contributed by atoms with Crippen molar-refractivity contribution >= 4 is 28.4 Å². The van der Waals surface area contributed by atoms with Gasteiger partial charge in [0.05, 0.1) is 24.0 Å². The van der Waals surface area contributed by atoms with Gasteiger partial charge in [0.1, 0.15) is 5.82 Å². The van der Waals surface area contributed by atoms with Gasteiger partial charge in [-0.15, -0.1) is 0 Å². The largest absolute Gasteiger partial charge is 0.362 e. The van der Waals surface area contributed by atoms with Crippen molar-refractivity contribution in [3.8, 4) is 11.4 Å². The highest BCUT2D eigenvalue weighted by Gasteiger charge is 2.26. The van der Waals surface area contributed by atoms with Gasteiger partial charge in [-0.05, 0) is 23.8 Å². The van der Waals surface area contributed by atoms with E-state index in [4.69, 9.17) is 4.98 Å². The molecule has 5 rings (SSSR count). The normalized spacial score (nSPS) is 15.9. The maximum Gasteiger partial charge on any atom is 0.226 e. The fourth-order valence-electron chi connectivity index (χ4n) is 3.47. The molecule has 0 radical (unpaired) electrons. The van der Waals surface area contributed by atoms with Crippen molar-refractivity contribution in [2.75, 3.05) is 10.6 Å². The van der Waals surface area contributed by atoms with E-state index < -0.39 is 0 Å². The van der Waals surface area contributed by atoms with Crippen molar-refractivity contribution in [3.05, 3.63) is 60.6 Å². The van der Waals surface area contributed by atoms with E-state index in [1.165, 1.54) is 0 Å². The number of carbonyl (C=O) groups excluding carboxylic acids is 1. The van der Waals surface area contributed by atoms with Crippen molar-refractivity contribution in [2.45, 2.75) is 12.5 Å². The molecule has 2 N–H and O–H groups in total. The molecule has 3 aromatic heterocycles. The smallest absolute Gasteiger partial charge is 0.226 e. The van der Waals surface area contributed by atoms with E-state index in [0.717, 1.165) is 27.8 Å². The summed E-state index contributed by atoms with van der Waals surface area (Å²) < 4.78 is 1.72. The molecule has 1 amide bonds. The number of carbonyl (C=O) groups is 1. The summed E-state index contributed by atoms with van der Waals surface area (Å²) in [6, 6.07) is 11.3. The highest BCUT2D eigenvalue weighted by atomic mass is 16.1. The zero-order valence-corrected chi connectivity index (χ0v) is 15.1. The summed E-state index contributed by atoms with van der Waals surface area (Å²) in [5.41, 5.74) is 3.44. The number of fused-ring (bicyclic) bond motifs is 2. The number of anilines is 2. The number of benzene rings is 1. The molecule has 4 heterocycles. The third kappa shape index (κ3) is 2.75. The van der Waals surface area contributed by atoms with Crippen LogP contribution >= 0.6 is 0 Å². The van der Waals surface area contributed by atoms with Crippen LogP contribution in [0.1, 0.15) is 18.0 Å². The molecule has 4 aromatic rings. The molecule has 1 aliphatic heterocycles. The fourth-order valence-corrected chi connectivity index (χ4v) is 3.47. The first-order valence-corrected chi connectivity index (χ1v) is 8.94. The molecule has 1 aliphatic rings.